The van der Waals surface area contributed by atoms with Crippen molar-refractivity contribution in [2.24, 2.45) is 0 Å². The van der Waals surface area contributed by atoms with Crippen molar-refractivity contribution in [2.75, 3.05) is 26.7 Å². The zero-order chi connectivity index (χ0) is 15.7. The Balaban J connectivity index is 2.15. The summed E-state index contributed by atoms with van der Waals surface area (Å²) in [6.07, 6.45) is 0.588. The highest BCUT2D eigenvalue weighted by Crippen LogP contribution is 2.15. The minimum Gasteiger partial charge on any atom is -0.494 e. The van der Waals surface area contributed by atoms with Crippen molar-refractivity contribution in [1.29, 1.82) is 0 Å². The molecule has 0 saturated heterocycles. The first-order chi connectivity index (χ1) is 9.99. The largest absolute Gasteiger partial charge is 0.494 e. The van der Waals surface area contributed by atoms with E-state index in [1.54, 1.807) is 31.3 Å². The molecule has 0 aliphatic carbocycles. The highest BCUT2D eigenvalue weighted by atomic mass is 35.5. The summed E-state index contributed by atoms with van der Waals surface area (Å²) in [7, 11) is 1.65. The van der Waals surface area contributed by atoms with E-state index in [9.17, 15) is 9.59 Å². The van der Waals surface area contributed by atoms with Crippen molar-refractivity contribution < 1.29 is 19.4 Å². The maximum Gasteiger partial charge on any atom is 0.317 e. The molecule has 0 saturated carbocycles. The second kappa shape index (κ2) is 9.07. The van der Waals surface area contributed by atoms with Crippen molar-refractivity contribution in [3.05, 3.63) is 29.3 Å². The van der Waals surface area contributed by atoms with Gasteiger partial charge in [-0.2, -0.15) is 0 Å². The zero-order valence-corrected chi connectivity index (χ0v) is 12.6. The van der Waals surface area contributed by atoms with Gasteiger partial charge < -0.3 is 20.1 Å². The van der Waals surface area contributed by atoms with E-state index in [4.69, 9.17) is 21.4 Å². The Kier molecular flexibility index (Phi) is 7.39. The fourth-order valence-corrected chi connectivity index (χ4v) is 1.66. The molecular weight excluding hydrogens is 296 g/mol. The van der Waals surface area contributed by atoms with E-state index in [-0.39, 0.29) is 19.0 Å². The number of urea groups is 1. The average Bonchev–Trinajstić information content (AvgIpc) is 2.44. The predicted octanol–water partition coefficient (Wildman–Crippen LogP) is 2.22. The molecule has 7 heteroatoms. The van der Waals surface area contributed by atoms with E-state index in [1.165, 1.54) is 4.90 Å². The molecule has 2 N–H and O–H groups in total. The van der Waals surface area contributed by atoms with Gasteiger partial charge in [-0.05, 0) is 30.7 Å². The molecule has 0 bridgehead atoms. The Morgan fingerprint density at radius 3 is 2.62 bits per heavy atom. The normalized spacial score (nSPS) is 10.0. The van der Waals surface area contributed by atoms with Gasteiger partial charge in [0.25, 0.3) is 0 Å². The van der Waals surface area contributed by atoms with Crippen LogP contribution < -0.4 is 10.1 Å². The molecule has 0 aromatic heterocycles. The van der Waals surface area contributed by atoms with Crippen LogP contribution in [-0.4, -0.2) is 48.8 Å². The van der Waals surface area contributed by atoms with Crippen LogP contribution in [0.25, 0.3) is 0 Å². The quantitative estimate of drug-likeness (QED) is 0.721. The molecular formula is C14H19ClN2O4. The lowest BCUT2D eigenvalue weighted by Gasteiger charge is -2.17. The van der Waals surface area contributed by atoms with Crippen molar-refractivity contribution >= 4 is 23.6 Å². The molecule has 21 heavy (non-hydrogen) atoms. The average molecular weight is 315 g/mol. The number of carbonyl (C=O) groups is 2. The van der Waals surface area contributed by atoms with E-state index in [1.807, 2.05) is 0 Å². The number of carboxylic acids is 1. The molecule has 1 aromatic carbocycles. The van der Waals surface area contributed by atoms with Crippen molar-refractivity contribution in [3.63, 3.8) is 0 Å². The Labute approximate surface area is 128 Å². The molecule has 0 aliphatic rings. The number of halogens is 1. The Morgan fingerprint density at radius 1 is 1.33 bits per heavy atom. The molecule has 116 valence electrons. The maximum atomic E-state index is 11.6. The van der Waals surface area contributed by atoms with Crippen LogP contribution >= 0.6 is 11.6 Å². The van der Waals surface area contributed by atoms with Crippen molar-refractivity contribution in [3.8, 4) is 5.75 Å². The number of carbonyl (C=O) groups excluding carboxylic acids is 1. The summed E-state index contributed by atoms with van der Waals surface area (Å²) in [5.74, 6) is -0.206. The predicted molar refractivity (Wildman–Crippen MR) is 79.8 cm³/mol. The number of ether oxygens (including phenoxy) is 1. The summed E-state index contributed by atoms with van der Waals surface area (Å²) >= 11 is 5.77. The lowest BCUT2D eigenvalue weighted by atomic mass is 10.3. The van der Waals surface area contributed by atoms with Crippen molar-refractivity contribution in [2.45, 2.75) is 12.8 Å². The SMILES string of the molecule is CN(CCCOc1ccc(Cl)cc1)C(=O)NCCC(=O)O. The summed E-state index contributed by atoms with van der Waals surface area (Å²) in [4.78, 5) is 23.4. The van der Waals surface area contributed by atoms with Crippen LogP contribution in [0.5, 0.6) is 5.75 Å². The smallest absolute Gasteiger partial charge is 0.317 e. The fourth-order valence-electron chi connectivity index (χ4n) is 1.54. The number of hydrogen-bond acceptors (Lipinski definition) is 3. The van der Waals surface area contributed by atoms with E-state index in [0.29, 0.717) is 24.6 Å². The van der Waals surface area contributed by atoms with E-state index < -0.39 is 5.97 Å². The number of hydrogen-bond donors (Lipinski definition) is 2. The summed E-state index contributed by atoms with van der Waals surface area (Å²) in [5, 5.41) is 11.7. The monoisotopic (exact) mass is 314 g/mol. The van der Waals surface area contributed by atoms with E-state index >= 15 is 0 Å². The Morgan fingerprint density at radius 2 is 2.00 bits per heavy atom. The van der Waals surface area contributed by atoms with Crippen molar-refractivity contribution in [1.82, 2.24) is 10.2 Å². The highest BCUT2D eigenvalue weighted by Gasteiger charge is 2.08. The highest BCUT2D eigenvalue weighted by molar-refractivity contribution is 6.30. The second-order valence-corrected chi connectivity index (χ2v) is 4.89. The fraction of sp³-hybridized carbons (Fsp3) is 0.429. The molecule has 0 spiro atoms. The minimum atomic E-state index is -0.936. The standard InChI is InChI=1S/C14H19ClN2O4/c1-17(14(20)16-8-7-13(18)19)9-2-10-21-12-5-3-11(15)4-6-12/h3-6H,2,7-10H2,1H3,(H,16,20)(H,18,19). The van der Waals surface area contributed by atoms with Gasteiger partial charge in [0.15, 0.2) is 0 Å². The third kappa shape index (κ3) is 7.41. The first kappa shape index (κ1) is 17.1. The zero-order valence-electron chi connectivity index (χ0n) is 11.8. The maximum absolute atomic E-state index is 11.6. The van der Waals surface area contributed by atoms with Crippen LogP contribution in [0.1, 0.15) is 12.8 Å². The Hall–Kier alpha value is -1.95. The Bertz CT molecular complexity index is 465. The minimum absolute atomic E-state index is 0.0841. The van der Waals surface area contributed by atoms with Crippen LogP contribution in [0.2, 0.25) is 5.02 Å². The van der Waals surface area contributed by atoms with E-state index in [0.717, 1.165) is 5.75 Å². The molecule has 0 atom stereocenters. The summed E-state index contributed by atoms with van der Waals surface area (Å²) in [5.41, 5.74) is 0. The van der Waals surface area contributed by atoms with Gasteiger partial charge in [0.2, 0.25) is 0 Å². The van der Waals surface area contributed by atoms with Gasteiger partial charge in [0.1, 0.15) is 5.75 Å². The topological polar surface area (TPSA) is 78.9 Å². The van der Waals surface area contributed by atoms with Gasteiger partial charge in [-0.3, -0.25) is 4.79 Å². The molecule has 0 aliphatic heterocycles. The third-order valence-corrected chi connectivity index (χ3v) is 2.93. The first-order valence-electron chi connectivity index (χ1n) is 6.58. The number of nitrogens with one attached hydrogen (secondary N) is 1. The molecule has 1 aromatic rings. The van der Waals surface area contributed by atoms with Gasteiger partial charge in [-0.25, -0.2) is 4.79 Å². The van der Waals surface area contributed by atoms with Crippen LogP contribution in [0.15, 0.2) is 24.3 Å². The molecule has 0 heterocycles. The first-order valence-corrected chi connectivity index (χ1v) is 6.96. The van der Waals surface area contributed by atoms with Gasteiger partial charge in [0, 0.05) is 25.2 Å². The van der Waals surface area contributed by atoms with Crippen LogP contribution in [0.4, 0.5) is 4.79 Å². The van der Waals surface area contributed by atoms with Gasteiger partial charge in [-0.15, -0.1) is 0 Å². The molecule has 6 nitrogen and oxygen atoms in total. The lowest BCUT2D eigenvalue weighted by molar-refractivity contribution is -0.136. The van der Waals surface area contributed by atoms with Crippen LogP contribution in [0.3, 0.4) is 0 Å². The number of amides is 2. The summed E-state index contributed by atoms with van der Waals surface area (Å²) in [6.45, 7) is 1.13. The molecule has 0 fully saturated rings. The molecule has 0 unspecified atom stereocenters. The van der Waals surface area contributed by atoms with E-state index in [2.05, 4.69) is 5.32 Å². The van der Waals surface area contributed by atoms with Gasteiger partial charge in [0.05, 0.1) is 13.0 Å². The number of aliphatic carboxylic acids is 1. The molecule has 0 radical (unpaired) electrons. The number of carboxylic acid groups (broad SMARTS) is 1. The summed E-state index contributed by atoms with van der Waals surface area (Å²) in [6, 6.07) is 6.77. The summed E-state index contributed by atoms with van der Waals surface area (Å²) < 4.78 is 5.51. The molecule has 2 amide bonds. The van der Waals surface area contributed by atoms with Crippen LogP contribution in [-0.2, 0) is 4.79 Å². The van der Waals surface area contributed by atoms with Gasteiger partial charge >= 0.3 is 12.0 Å². The molecule has 1 rings (SSSR count). The number of nitrogens with zero attached hydrogens (tertiary/aromatic N) is 1. The second-order valence-electron chi connectivity index (χ2n) is 4.45. The number of rotatable bonds is 8. The van der Waals surface area contributed by atoms with Crippen LogP contribution in [0, 0.1) is 0 Å². The lowest BCUT2D eigenvalue weighted by Crippen LogP contribution is -2.39. The number of benzene rings is 1. The third-order valence-electron chi connectivity index (χ3n) is 2.68. The van der Waals surface area contributed by atoms with Gasteiger partial charge in [-0.1, -0.05) is 11.6 Å².